The molecule has 0 unspecified atom stereocenters. The topological polar surface area (TPSA) is 127 Å². The number of aromatic amines is 1. The van der Waals surface area contributed by atoms with E-state index >= 15 is 0 Å². The summed E-state index contributed by atoms with van der Waals surface area (Å²) in [4.78, 5) is 32.8. The molecule has 1 aliphatic rings. The van der Waals surface area contributed by atoms with Crippen LogP contribution in [-0.4, -0.2) is 34.6 Å². The molecule has 5 heterocycles. The van der Waals surface area contributed by atoms with Crippen LogP contribution in [0.25, 0.3) is 33.8 Å². The second kappa shape index (κ2) is 9.78. The molecule has 5 aromatic heterocycles. The van der Waals surface area contributed by atoms with Gasteiger partial charge in [0.15, 0.2) is 0 Å². The molecule has 0 amide bonds. The standard InChI is InChI=1S/C26H25ClN8O2/c1-15-5-7-16(8-6-15)14-35-23-19(31-25(35)32-21-4-2-3-9-29-21)11-20(24-33-26(36)37-34-24)30-22(23)17-10-18(27)13-28-12-17/h2-4,9-13,15-16H,5-8,14H2,1H3,(H,29,31,32)(H,33,34,36). The Labute approximate surface area is 217 Å². The maximum atomic E-state index is 11.7. The van der Waals surface area contributed by atoms with Gasteiger partial charge in [0.1, 0.15) is 11.5 Å². The van der Waals surface area contributed by atoms with Gasteiger partial charge in [-0.2, -0.15) is 0 Å². The van der Waals surface area contributed by atoms with E-state index in [1.807, 2.05) is 24.3 Å². The number of fused-ring (bicyclic) bond motifs is 1. The first-order valence-electron chi connectivity index (χ1n) is 12.3. The third kappa shape index (κ3) is 4.84. The molecule has 5 aromatic rings. The average Bonchev–Trinajstić information content (AvgIpc) is 3.49. The quantitative estimate of drug-likeness (QED) is 0.304. The van der Waals surface area contributed by atoms with Crippen LogP contribution in [0, 0.1) is 11.8 Å². The Balaban J connectivity index is 1.56. The number of aromatic nitrogens is 7. The molecule has 10 nitrogen and oxygen atoms in total. The Morgan fingerprint density at radius 1 is 1.16 bits per heavy atom. The molecule has 1 fully saturated rings. The number of halogens is 1. The zero-order valence-corrected chi connectivity index (χ0v) is 20.9. The van der Waals surface area contributed by atoms with Crippen molar-refractivity contribution in [3.05, 3.63) is 64.5 Å². The summed E-state index contributed by atoms with van der Waals surface area (Å²) in [5.74, 6) is 2.18. The van der Waals surface area contributed by atoms with Crippen LogP contribution in [0.3, 0.4) is 0 Å². The summed E-state index contributed by atoms with van der Waals surface area (Å²) in [6.07, 6.45) is 9.78. The number of nitrogens with zero attached hydrogens (tertiary/aromatic N) is 6. The van der Waals surface area contributed by atoms with E-state index in [4.69, 9.17) is 26.1 Å². The van der Waals surface area contributed by atoms with Gasteiger partial charge in [-0.15, -0.1) is 0 Å². The molecule has 0 spiro atoms. The average molecular weight is 517 g/mol. The number of hydrogen-bond acceptors (Lipinski definition) is 8. The smallest absolute Gasteiger partial charge is 0.310 e. The van der Waals surface area contributed by atoms with Crippen LogP contribution < -0.4 is 11.1 Å². The summed E-state index contributed by atoms with van der Waals surface area (Å²) in [5, 5.41) is 7.72. The van der Waals surface area contributed by atoms with E-state index < -0.39 is 5.76 Å². The van der Waals surface area contributed by atoms with Crippen LogP contribution in [0.15, 0.2) is 58.2 Å². The molecule has 0 radical (unpaired) electrons. The van der Waals surface area contributed by atoms with Crippen LogP contribution in [0.4, 0.5) is 11.8 Å². The van der Waals surface area contributed by atoms with Crippen molar-refractivity contribution >= 4 is 34.4 Å². The molecule has 2 N–H and O–H groups in total. The molecule has 0 atom stereocenters. The summed E-state index contributed by atoms with van der Waals surface area (Å²) in [6, 6.07) is 9.31. The van der Waals surface area contributed by atoms with Gasteiger partial charge in [-0.3, -0.25) is 14.5 Å². The van der Waals surface area contributed by atoms with E-state index in [2.05, 4.69) is 36.9 Å². The van der Waals surface area contributed by atoms with Gasteiger partial charge in [-0.25, -0.2) is 19.7 Å². The highest BCUT2D eigenvalue weighted by atomic mass is 35.5. The lowest BCUT2D eigenvalue weighted by atomic mass is 9.83. The summed E-state index contributed by atoms with van der Waals surface area (Å²) in [7, 11) is 0. The molecule has 0 saturated heterocycles. The van der Waals surface area contributed by atoms with Gasteiger partial charge in [-0.05, 0) is 48.9 Å². The monoisotopic (exact) mass is 516 g/mol. The summed E-state index contributed by atoms with van der Waals surface area (Å²) in [6.45, 7) is 3.10. The molecule has 1 aliphatic carbocycles. The minimum absolute atomic E-state index is 0.221. The Morgan fingerprint density at radius 2 is 2.03 bits per heavy atom. The summed E-state index contributed by atoms with van der Waals surface area (Å²) in [5.41, 5.74) is 3.32. The van der Waals surface area contributed by atoms with Gasteiger partial charge in [0.2, 0.25) is 11.8 Å². The third-order valence-corrected chi connectivity index (χ3v) is 7.07. The van der Waals surface area contributed by atoms with Gasteiger partial charge in [0.05, 0.1) is 21.7 Å². The van der Waals surface area contributed by atoms with Crippen molar-refractivity contribution in [3.63, 3.8) is 0 Å². The first kappa shape index (κ1) is 23.4. The number of imidazole rings is 1. The minimum atomic E-state index is -0.655. The van der Waals surface area contributed by atoms with Crippen molar-refractivity contribution in [1.29, 1.82) is 0 Å². The second-order valence-corrected chi connectivity index (χ2v) is 10.0. The van der Waals surface area contributed by atoms with Crippen LogP contribution in [-0.2, 0) is 6.54 Å². The fourth-order valence-electron chi connectivity index (χ4n) is 4.96. The number of H-pyrrole nitrogens is 1. The predicted octanol–water partition coefficient (Wildman–Crippen LogP) is 5.45. The largest absolute Gasteiger partial charge is 0.439 e. The Bertz CT molecular complexity index is 1600. The molecule has 11 heteroatoms. The third-order valence-electron chi connectivity index (χ3n) is 6.87. The minimum Gasteiger partial charge on any atom is -0.310 e. The first-order valence-corrected chi connectivity index (χ1v) is 12.7. The molecule has 1 saturated carbocycles. The van der Waals surface area contributed by atoms with E-state index in [1.54, 1.807) is 24.7 Å². The van der Waals surface area contributed by atoms with Crippen molar-refractivity contribution in [1.82, 2.24) is 34.6 Å². The lowest BCUT2D eigenvalue weighted by molar-refractivity contribution is 0.267. The van der Waals surface area contributed by atoms with Crippen molar-refractivity contribution in [2.24, 2.45) is 11.8 Å². The maximum absolute atomic E-state index is 11.7. The van der Waals surface area contributed by atoms with Crippen LogP contribution in [0.1, 0.15) is 32.6 Å². The Morgan fingerprint density at radius 3 is 2.76 bits per heavy atom. The highest BCUT2D eigenvalue weighted by Crippen LogP contribution is 2.36. The molecule has 0 aromatic carbocycles. The summed E-state index contributed by atoms with van der Waals surface area (Å²) < 4.78 is 6.92. The number of nitrogens with one attached hydrogen (secondary N) is 2. The van der Waals surface area contributed by atoms with E-state index in [9.17, 15) is 4.79 Å². The molecule has 37 heavy (non-hydrogen) atoms. The van der Waals surface area contributed by atoms with Crippen molar-refractivity contribution in [3.8, 4) is 22.8 Å². The van der Waals surface area contributed by atoms with Crippen LogP contribution in [0.2, 0.25) is 5.02 Å². The number of anilines is 2. The van der Waals surface area contributed by atoms with Gasteiger partial charge >= 0.3 is 5.76 Å². The predicted molar refractivity (Wildman–Crippen MR) is 141 cm³/mol. The van der Waals surface area contributed by atoms with Gasteiger partial charge in [-0.1, -0.05) is 42.6 Å². The number of rotatable bonds is 6. The van der Waals surface area contributed by atoms with Gasteiger partial charge in [0.25, 0.3) is 0 Å². The highest BCUT2D eigenvalue weighted by Gasteiger charge is 2.25. The SMILES string of the molecule is CC1CCC(Cn2c(Nc3ccccn3)nc3cc(-c4noc(=O)[nH]4)nc(-c4cncc(Cl)c4)c32)CC1. The number of hydrogen-bond donors (Lipinski definition) is 2. The van der Waals surface area contributed by atoms with E-state index in [0.717, 1.165) is 36.4 Å². The molecular formula is C26H25ClN8O2. The van der Waals surface area contributed by atoms with E-state index in [0.29, 0.717) is 39.6 Å². The summed E-state index contributed by atoms with van der Waals surface area (Å²) >= 11 is 6.32. The molecule has 0 aliphatic heterocycles. The zero-order valence-electron chi connectivity index (χ0n) is 20.2. The molecule has 6 rings (SSSR count). The van der Waals surface area contributed by atoms with Crippen LogP contribution >= 0.6 is 11.6 Å². The van der Waals surface area contributed by atoms with E-state index in [-0.39, 0.29) is 5.82 Å². The van der Waals surface area contributed by atoms with Gasteiger partial charge in [0, 0.05) is 30.7 Å². The maximum Gasteiger partial charge on any atom is 0.439 e. The highest BCUT2D eigenvalue weighted by molar-refractivity contribution is 6.30. The Kier molecular flexibility index (Phi) is 6.17. The zero-order chi connectivity index (χ0) is 25.4. The van der Waals surface area contributed by atoms with Crippen molar-refractivity contribution < 1.29 is 4.52 Å². The van der Waals surface area contributed by atoms with E-state index in [1.165, 1.54) is 12.8 Å². The number of pyridine rings is 3. The fraction of sp³-hybridized carbons (Fsp3) is 0.308. The van der Waals surface area contributed by atoms with Crippen LogP contribution in [0.5, 0.6) is 0 Å². The lowest BCUT2D eigenvalue weighted by Gasteiger charge is -2.27. The lowest BCUT2D eigenvalue weighted by Crippen LogP contribution is -2.19. The van der Waals surface area contributed by atoms with Gasteiger partial charge < -0.3 is 9.88 Å². The normalized spacial score (nSPS) is 17.8. The fourth-order valence-corrected chi connectivity index (χ4v) is 5.13. The molecule has 188 valence electrons. The molecular weight excluding hydrogens is 492 g/mol. The van der Waals surface area contributed by atoms with Crippen molar-refractivity contribution in [2.75, 3.05) is 5.32 Å². The second-order valence-electron chi connectivity index (χ2n) is 9.57. The first-order chi connectivity index (χ1) is 18.0. The van der Waals surface area contributed by atoms with Crippen molar-refractivity contribution in [2.45, 2.75) is 39.2 Å². The Hall–Kier alpha value is -4.05. The molecule has 0 bridgehead atoms.